The van der Waals surface area contributed by atoms with Crippen molar-refractivity contribution in [1.82, 2.24) is 0 Å². The van der Waals surface area contributed by atoms with Crippen LogP contribution in [-0.4, -0.2) is 11.2 Å². The van der Waals surface area contributed by atoms with Gasteiger partial charge in [0.2, 0.25) is 0 Å². The highest BCUT2D eigenvalue weighted by Crippen LogP contribution is 2.05. The molecule has 0 aromatic rings. The fourth-order valence-electron chi connectivity index (χ4n) is 0.717. The van der Waals surface area contributed by atoms with Gasteiger partial charge in [-0.25, -0.2) is 0 Å². The van der Waals surface area contributed by atoms with E-state index < -0.39 is 0 Å². The van der Waals surface area contributed by atoms with Gasteiger partial charge in [0.05, 0.1) is 6.10 Å². The van der Waals surface area contributed by atoms with E-state index in [0.717, 1.165) is 12.8 Å². The van der Waals surface area contributed by atoms with Gasteiger partial charge >= 0.3 is 0 Å². The molecule has 1 nitrogen and oxygen atoms in total. The van der Waals surface area contributed by atoms with Crippen molar-refractivity contribution in [3.8, 4) is 0 Å². The molecule has 0 aliphatic carbocycles. The molecule has 0 spiro atoms. The Hall–Kier alpha value is -0.560. The minimum atomic E-state index is -0.362. The number of aliphatic hydroxyl groups is 1. The van der Waals surface area contributed by atoms with Crippen molar-refractivity contribution in [1.29, 1.82) is 0 Å². The zero-order valence-corrected chi connectivity index (χ0v) is 7.46. The molecule has 0 amide bonds. The molecule has 0 aliphatic rings. The maximum absolute atomic E-state index is 9.39. The molecule has 0 radical (unpaired) electrons. The molecule has 11 heavy (non-hydrogen) atoms. The molecule has 64 valence electrons. The van der Waals surface area contributed by atoms with Crippen molar-refractivity contribution in [2.45, 2.75) is 32.8 Å². The molecule has 1 heteroatoms. The van der Waals surface area contributed by atoms with Crippen molar-refractivity contribution in [3.63, 3.8) is 0 Å². The van der Waals surface area contributed by atoms with Crippen molar-refractivity contribution in [3.05, 3.63) is 24.8 Å². The summed E-state index contributed by atoms with van der Waals surface area (Å²) in [6.07, 6.45) is 7.44. The summed E-state index contributed by atoms with van der Waals surface area (Å²) in [5, 5.41) is 9.39. The van der Waals surface area contributed by atoms with Crippen LogP contribution in [0.1, 0.15) is 26.7 Å². The van der Waals surface area contributed by atoms with E-state index in [1.54, 1.807) is 6.08 Å². The van der Waals surface area contributed by atoms with Crippen molar-refractivity contribution in [2.75, 3.05) is 0 Å². The highest BCUT2D eigenvalue weighted by Gasteiger charge is 2.04. The van der Waals surface area contributed by atoms with Gasteiger partial charge in [0.1, 0.15) is 0 Å². The van der Waals surface area contributed by atoms with Gasteiger partial charge in [-0.2, -0.15) is 0 Å². The zero-order valence-electron chi connectivity index (χ0n) is 7.46. The molecule has 0 saturated carbocycles. The molecule has 0 bridgehead atoms. The smallest absolute Gasteiger partial charge is 0.0780 e. The van der Waals surface area contributed by atoms with E-state index in [0.29, 0.717) is 0 Å². The average molecular weight is 154 g/mol. The third-order valence-corrected chi connectivity index (χ3v) is 1.70. The third-order valence-electron chi connectivity index (χ3n) is 1.70. The van der Waals surface area contributed by atoms with Crippen molar-refractivity contribution in [2.24, 2.45) is 5.92 Å². The first-order chi connectivity index (χ1) is 5.22. The van der Waals surface area contributed by atoms with Crippen LogP contribution in [0, 0.1) is 5.92 Å². The maximum Gasteiger partial charge on any atom is 0.0780 e. The van der Waals surface area contributed by atoms with Crippen LogP contribution < -0.4 is 0 Å². The SMILES string of the molecule is C=C[C@@H](C)[C@@H](O)/C=C/CCC. The Balaban J connectivity index is 3.65. The van der Waals surface area contributed by atoms with Crippen molar-refractivity contribution >= 4 is 0 Å². The van der Waals surface area contributed by atoms with E-state index in [1.807, 2.05) is 19.1 Å². The normalized spacial score (nSPS) is 16.6. The predicted molar refractivity (Wildman–Crippen MR) is 49.4 cm³/mol. The minimum absolute atomic E-state index is 0.156. The summed E-state index contributed by atoms with van der Waals surface area (Å²) in [5.41, 5.74) is 0. The van der Waals surface area contributed by atoms with E-state index in [2.05, 4.69) is 13.5 Å². The number of unbranched alkanes of at least 4 members (excludes halogenated alkanes) is 1. The summed E-state index contributed by atoms with van der Waals surface area (Å²) in [4.78, 5) is 0. The van der Waals surface area contributed by atoms with Crippen LogP contribution in [0.3, 0.4) is 0 Å². The molecule has 0 fully saturated rings. The van der Waals surface area contributed by atoms with Crippen LogP contribution in [-0.2, 0) is 0 Å². The van der Waals surface area contributed by atoms with Crippen LogP contribution in [0.2, 0.25) is 0 Å². The van der Waals surface area contributed by atoms with Gasteiger partial charge in [0.15, 0.2) is 0 Å². The first kappa shape index (κ1) is 10.4. The molecule has 1 N–H and O–H groups in total. The first-order valence-electron chi connectivity index (χ1n) is 4.19. The van der Waals surface area contributed by atoms with Crippen LogP contribution in [0.25, 0.3) is 0 Å². The maximum atomic E-state index is 9.39. The summed E-state index contributed by atoms with van der Waals surface area (Å²) >= 11 is 0. The number of aliphatic hydroxyl groups excluding tert-OH is 1. The quantitative estimate of drug-likeness (QED) is 0.603. The van der Waals surface area contributed by atoms with E-state index in [1.165, 1.54) is 0 Å². The van der Waals surface area contributed by atoms with E-state index in [9.17, 15) is 5.11 Å². The Labute approximate surface area is 69.4 Å². The van der Waals surface area contributed by atoms with Gasteiger partial charge < -0.3 is 5.11 Å². The standard InChI is InChI=1S/C10H18O/c1-4-6-7-8-10(11)9(3)5-2/h5,7-11H,2,4,6H2,1,3H3/b8-7+/t9-,10+/m1/s1. The summed E-state index contributed by atoms with van der Waals surface area (Å²) in [5.74, 6) is 0.156. The van der Waals surface area contributed by atoms with Gasteiger partial charge in [0, 0.05) is 5.92 Å². The molecular formula is C10H18O. The molecule has 0 saturated heterocycles. The average Bonchev–Trinajstić information content (AvgIpc) is 2.03. The van der Waals surface area contributed by atoms with Gasteiger partial charge in [-0.05, 0) is 6.42 Å². The monoisotopic (exact) mass is 154 g/mol. The number of hydrogen-bond donors (Lipinski definition) is 1. The van der Waals surface area contributed by atoms with Crippen LogP contribution in [0.15, 0.2) is 24.8 Å². The Morgan fingerprint density at radius 3 is 2.64 bits per heavy atom. The Kier molecular flexibility index (Phi) is 5.86. The van der Waals surface area contributed by atoms with Crippen LogP contribution in [0.4, 0.5) is 0 Å². The topological polar surface area (TPSA) is 20.2 Å². The number of allylic oxidation sites excluding steroid dienone is 1. The molecule has 0 aliphatic heterocycles. The lowest BCUT2D eigenvalue weighted by molar-refractivity contribution is 0.185. The first-order valence-corrected chi connectivity index (χ1v) is 4.19. The second kappa shape index (κ2) is 6.17. The lowest BCUT2D eigenvalue weighted by Gasteiger charge is -2.09. The summed E-state index contributed by atoms with van der Waals surface area (Å²) in [7, 11) is 0. The third kappa shape index (κ3) is 4.79. The highest BCUT2D eigenvalue weighted by molar-refractivity contribution is 4.95. The lowest BCUT2D eigenvalue weighted by atomic mass is 10.0. The van der Waals surface area contributed by atoms with E-state index in [-0.39, 0.29) is 12.0 Å². The van der Waals surface area contributed by atoms with Crippen molar-refractivity contribution < 1.29 is 5.11 Å². The Morgan fingerprint density at radius 1 is 1.55 bits per heavy atom. The van der Waals surface area contributed by atoms with Gasteiger partial charge in [-0.1, -0.05) is 38.5 Å². The molecule has 2 atom stereocenters. The van der Waals surface area contributed by atoms with Gasteiger partial charge in [-0.3, -0.25) is 0 Å². The fraction of sp³-hybridized carbons (Fsp3) is 0.600. The molecule has 0 heterocycles. The predicted octanol–water partition coefficient (Wildman–Crippen LogP) is 2.53. The lowest BCUT2D eigenvalue weighted by Crippen LogP contribution is -2.11. The number of hydrogen-bond acceptors (Lipinski definition) is 1. The minimum Gasteiger partial charge on any atom is -0.388 e. The Bertz CT molecular complexity index is 127. The molecule has 0 aromatic carbocycles. The molecule has 0 aromatic heterocycles. The fourth-order valence-corrected chi connectivity index (χ4v) is 0.717. The van der Waals surface area contributed by atoms with E-state index >= 15 is 0 Å². The molecule has 0 unspecified atom stereocenters. The van der Waals surface area contributed by atoms with Crippen LogP contribution >= 0.6 is 0 Å². The largest absolute Gasteiger partial charge is 0.388 e. The van der Waals surface area contributed by atoms with Crippen LogP contribution in [0.5, 0.6) is 0 Å². The second-order valence-corrected chi connectivity index (χ2v) is 2.80. The zero-order chi connectivity index (χ0) is 8.69. The second-order valence-electron chi connectivity index (χ2n) is 2.80. The summed E-state index contributed by atoms with van der Waals surface area (Å²) in [6, 6.07) is 0. The molecular weight excluding hydrogens is 136 g/mol. The summed E-state index contributed by atoms with van der Waals surface area (Å²) < 4.78 is 0. The van der Waals surface area contributed by atoms with Gasteiger partial charge in [0.25, 0.3) is 0 Å². The Morgan fingerprint density at radius 2 is 2.18 bits per heavy atom. The number of rotatable bonds is 5. The highest BCUT2D eigenvalue weighted by atomic mass is 16.3. The summed E-state index contributed by atoms with van der Waals surface area (Å²) in [6.45, 7) is 7.69. The molecule has 0 rings (SSSR count). The van der Waals surface area contributed by atoms with Gasteiger partial charge in [-0.15, -0.1) is 6.58 Å². The van der Waals surface area contributed by atoms with E-state index in [4.69, 9.17) is 0 Å².